The third-order valence-corrected chi connectivity index (χ3v) is 8.38. The van der Waals surface area contributed by atoms with Crippen molar-refractivity contribution in [1.82, 2.24) is 10.2 Å². The number of carbonyl (C=O) groups excluding carboxylic acids is 1. The van der Waals surface area contributed by atoms with Crippen LogP contribution in [0, 0.1) is 0 Å². The number of halogens is 1. The highest BCUT2D eigenvalue weighted by Crippen LogP contribution is 2.32. The molecule has 8 heteroatoms. The third kappa shape index (κ3) is 4.45. The molecule has 0 radical (unpaired) electrons. The Morgan fingerprint density at radius 3 is 2.77 bits per heavy atom. The van der Waals surface area contributed by atoms with E-state index in [0.717, 1.165) is 44.3 Å². The summed E-state index contributed by atoms with van der Waals surface area (Å²) >= 11 is 6.28. The van der Waals surface area contributed by atoms with Crippen molar-refractivity contribution in [2.75, 3.05) is 30.5 Å². The summed E-state index contributed by atoms with van der Waals surface area (Å²) < 4.78 is 28.3. The topological polar surface area (TPSA) is 69.7 Å². The van der Waals surface area contributed by atoms with Crippen LogP contribution in [0.25, 0.3) is 0 Å². The molecule has 1 amide bonds. The number of nitrogens with one attached hydrogen (secondary N) is 1. The van der Waals surface area contributed by atoms with Gasteiger partial charge in [-0.1, -0.05) is 36.7 Å². The van der Waals surface area contributed by atoms with Gasteiger partial charge in [0.15, 0.2) is 0 Å². The molecule has 2 aromatic carbocycles. The Bertz CT molecular complexity index is 1070. The van der Waals surface area contributed by atoms with Gasteiger partial charge in [-0.2, -0.15) is 0 Å². The van der Waals surface area contributed by atoms with Crippen molar-refractivity contribution >= 4 is 33.2 Å². The van der Waals surface area contributed by atoms with Crippen molar-refractivity contribution in [3.63, 3.8) is 0 Å². The van der Waals surface area contributed by atoms with Crippen molar-refractivity contribution in [3.05, 3.63) is 58.6 Å². The molecule has 2 aliphatic rings. The number of likely N-dealkylation sites (N-methyl/N-ethyl adjacent to an activating group) is 1. The zero-order chi connectivity index (χ0) is 22.0. The van der Waals surface area contributed by atoms with Gasteiger partial charge in [0, 0.05) is 19.1 Å². The summed E-state index contributed by atoms with van der Waals surface area (Å²) in [5.41, 5.74) is 1.91. The molecule has 0 spiro atoms. The molecule has 0 aliphatic carbocycles. The second-order valence-electron chi connectivity index (χ2n) is 8.09. The monoisotopic (exact) mass is 461 g/mol. The standard InChI is InChI=1S/C23H28ClN3O3S/c1-2-26-13-6-9-18(26)16-25-23(28)20-15-19(11-12-21(20)24)31(29,30)27-14-5-8-17-7-3-4-10-22(17)27/h3-4,7,10-12,15,18H,2,5-6,8-9,13-14,16H2,1H3,(H,25,28). The van der Waals surface area contributed by atoms with E-state index in [0.29, 0.717) is 24.8 Å². The van der Waals surface area contributed by atoms with Gasteiger partial charge in [-0.25, -0.2) is 8.42 Å². The van der Waals surface area contributed by atoms with Crippen LogP contribution in [0.2, 0.25) is 5.02 Å². The van der Waals surface area contributed by atoms with Crippen LogP contribution in [-0.2, 0) is 16.4 Å². The van der Waals surface area contributed by atoms with Gasteiger partial charge >= 0.3 is 0 Å². The number of para-hydroxylation sites is 1. The zero-order valence-corrected chi connectivity index (χ0v) is 19.3. The summed E-state index contributed by atoms with van der Waals surface area (Å²) in [5.74, 6) is -0.343. The molecule has 1 saturated heterocycles. The Kier molecular flexibility index (Phi) is 6.55. The SMILES string of the molecule is CCN1CCCC1CNC(=O)c1cc(S(=O)(=O)N2CCCc3ccccc32)ccc1Cl. The van der Waals surface area contributed by atoms with Gasteiger partial charge in [0.2, 0.25) is 0 Å². The number of hydrogen-bond acceptors (Lipinski definition) is 4. The summed E-state index contributed by atoms with van der Waals surface area (Å²) in [6.07, 6.45) is 3.78. The lowest BCUT2D eigenvalue weighted by Gasteiger charge is -2.30. The first-order chi connectivity index (χ1) is 14.9. The molecular formula is C23H28ClN3O3S. The van der Waals surface area contributed by atoms with Gasteiger partial charge in [0.1, 0.15) is 0 Å². The minimum atomic E-state index is -3.81. The molecular weight excluding hydrogens is 434 g/mol. The Hall–Kier alpha value is -2.09. The van der Waals surface area contributed by atoms with Gasteiger partial charge in [-0.05, 0) is 68.6 Å². The maximum absolute atomic E-state index is 13.4. The molecule has 1 fully saturated rings. The first kappa shape index (κ1) is 22.1. The van der Waals surface area contributed by atoms with Crippen LogP contribution >= 0.6 is 11.6 Å². The minimum absolute atomic E-state index is 0.0785. The Morgan fingerprint density at radius 1 is 1.16 bits per heavy atom. The lowest BCUT2D eigenvalue weighted by molar-refractivity contribution is 0.0941. The van der Waals surface area contributed by atoms with Gasteiger partial charge < -0.3 is 5.32 Å². The first-order valence-electron chi connectivity index (χ1n) is 10.8. The van der Waals surface area contributed by atoms with E-state index in [9.17, 15) is 13.2 Å². The van der Waals surface area contributed by atoms with Crippen LogP contribution in [-0.4, -0.2) is 51.4 Å². The Balaban J connectivity index is 1.57. The van der Waals surface area contributed by atoms with E-state index < -0.39 is 10.0 Å². The van der Waals surface area contributed by atoms with Crippen LogP contribution in [0.5, 0.6) is 0 Å². The van der Waals surface area contributed by atoms with E-state index in [1.165, 1.54) is 22.5 Å². The summed E-state index contributed by atoms with van der Waals surface area (Å²) in [4.78, 5) is 15.3. The van der Waals surface area contributed by atoms with Crippen molar-refractivity contribution < 1.29 is 13.2 Å². The second kappa shape index (κ2) is 9.18. The molecule has 6 nitrogen and oxygen atoms in total. The predicted octanol–water partition coefficient (Wildman–Crippen LogP) is 3.70. The number of rotatable bonds is 6. The number of carbonyl (C=O) groups is 1. The van der Waals surface area contributed by atoms with Crippen LogP contribution in [0.15, 0.2) is 47.4 Å². The van der Waals surface area contributed by atoms with E-state index in [-0.39, 0.29) is 21.4 Å². The largest absolute Gasteiger partial charge is 0.350 e. The molecule has 2 aromatic rings. The van der Waals surface area contributed by atoms with E-state index >= 15 is 0 Å². The minimum Gasteiger partial charge on any atom is -0.350 e. The number of hydrogen-bond donors (Lipinski definition) is 1. The fraction of sp³-hybridized carbons (Fsp3) is 0.435. The molecule has 1 atom stereocenters. The molecule has 2 aliphatic heterocycles. The van der Waals surface area contributed by atoms with Crippen LogP contribution in [0.3, 0.4) is 0 Å². The van der Waals surface area contributed by atoms with Crippen LogP contribution in [0.1, 0.15) is 42.1 Å². The number of sulfonamides is 1. The number of nitrogens with zero attached hydrogens (tertiary/aromatic N) is 2. The number of aryl methyl sites for hydroxylation is 1. The first-order valence-corrected chi connectivity index (χ1v) is 12.7. The fourth-order valence-corrected chi connectivity index (χ4v) is 6.33. The molecule has 0 bridgehead atoms. The fourth-order valence-electron chi connectivity index (χ4n) is 4.56. The van der Waals surface area contributed by atoms with Crippen molar-refractivity contribution in [3.8, 4) is 0 Å². The summed E-state index contributed by atoms with van der Waals surface area (Å²) in [5, 5.41) is 3.19. The Morgan fingerprint density at radius 2 is 1.97 bits per heavy atom. The quantitative estimate of drug-likeness (QED) is 0.712. The number of likely N-dealkylation sites (tertiary alicyclic amines) is 1. The van der Waals surface area contributed by atoms with Crippen LogP contribution < -0.4 is 9.62 Å². The van der Waals surface area contributed by atoms with Crippen LogP contribution in [0.4, 0.5) is 5.69 Å². The van der Waals surface area contributed by atoms with Gasteiger partial charge in [0.25, 0.3) is 15.9 Å². The summed E-state index contributed by atoms with van der Waals surface area (Å²) in [6, 6.07) is 12.2. The van der Waals surface area contributed by atoms with Crippen molar-refractivity contribution in [2.45, 2.75) is 43.5 Å². The smallest absolute Gasteiger partial charge is 0.264 e. The van der Waals surface area contributed by atoms with E-state index in [2.05, 4.69) is 17.1 Å². The third-order valence-electron chi connectivity index (χ3n) is 6.24. The predicted molar refractivity (Wildman–Crippen MR) is 123 cm³/mol. The lowest BCUT2D eigenvalue weighted by atomic mass is 10.0. The van der Waals surface area contributed by atoms with Gasteiger partial charge in [0.05, 0.1) is 21.2 Å². The highest BCUT2D eigenvalue weighted by Gasteiger charge is 2.30. The molecule has 2 heterocycles. The summed E-state index contributed by atoms with van der Waals surface area (Å²) in [7, 11) is -3.81. The molecule has 4 rings (SSSR count). The number of anilines is 1. The molecule has 0 saturated carbocycles. The molecule has 31 heavy (non-hydrogen) atoms. The Labute approximate surface area is 189 Å². The molecule has 1 unspecified atom stereocenters. The van der Waals surface area contributed by atoms with Crippen molar-refractivity contribution in [1.29, 1.82) is 0 Å². The number of amides is 1. The second-order valence-corrected chi connectivity index (χ2v) is 10.4. The van der Waals surface area contributed by atoms with E-state index in [4.69, 9.17) is 11.6 Å². The highest BCUT2D eigenvalue weighted by molar-refractivity contribution is 7.92. The molecule has 1 N–H and O–H groups in total. The van der Waals surface area contributed by atoms with Crippen molar-refractivity contribution in [2.24, 2.45) is 0 Å². The highest BCUT2D eigenvalue weighted by atomic mass is 35.5. The van der Waals surface area contributed by atoms with Gasteiger partial charge in [-0.15, -0.1) is 0 Å². The van der Waals surface area contributed by atoms with E-state index in [1.807, 2.05) is 24.3 Å². The zero-order valence-electron chi connectivity index (χ0n) is 17.7. The van der Waals surface area contributed by atoms with E-state index in [1.54, 1.807) is 0 Å². The normalized spacial score (nSPS) is 19.3. The molecule has 166 valence electrons. The maximum atomic E-state index is 13.4. The summed E-state index contributed by atoms with van der Waals surface area (Å²) in [6.45, 7) is 5.05. The number of benzene rings is 2. The lowest BCUT2D eigenvalue weighted by Crippen LogP contribution is -2.40. The molecule has 0 aromatic heterocycles. The number of fused-ring (bicyclic) bond motifs is 1. The average molecular weight is 462 g/mol. The van der Waals surface area contributed by atoms with Gasteiger partial charge in [-0.3, -0.25) is 14.0 Å². The maximum Gasteiger partial charge on any atom is 0.264 e. The average Bonchev–Trinajstić information content (AvgIpc) is 3.25.